The van der Waals surface area contributed by atoms with E-state index in [1.807, 2.05) is 0 Å². The van der Waals surface area contributed by atoms with Crippen molar-refractivity contribution >= 4 is 16.0 Å². The molecule has 0 spiro atoms. The largest absolute Gasteiger partial charge is 0.466 e. The molecule has 0 bridgehead atoms. The van der Waals surface area contributed by atoms with Gasteiger partial charge in [-0.3, -0.25) is 4.79 Å². The Kier molecular flexibility index (Phi) is 7.27. The quantitative estimate of drug-likeness (QED) is 0.585. The second-order valence-corrected chi connectivity index (χ2v) is 5.49. The molecule has 6 nitrogen and oxygen atoms in total. The highest BCUT2D eigenvalue weighted by Crippen LogP contribution is 2.00. The van der Waals surface area contributed by atoms with Gasteiger partial charge in [0.25, 0.3) is 0 Å². The first kappa shape index (κ1) is 15.3. The van der Waals surface area contributed by atoms with Crippen LogP contribution in [0.5, 0.6) is 0 Å². The van der Waals surface area contributed by atoms with Gasteiger partial charge in [-0.15, -0.1) is 0 Å². The third kappa shape index (κ3) is 6.04. The molecule has 0 amide bonds. The van der Waals surface area contributed by atoms with Gasteiger partial charge in [-0.25, -0.2) is 12.7 Å². The number of carbonyl (C=O) groups excluding carboxylic acids is 1. The molecule has 0 rings (SSSR count). The van der Waals surface area contributed by atoms with E-state index in [0.717, 1.165) is 0 Å². The lowest BCUT2D eigenvalue weighted by molar-refractivity contribution is -0.142. The lowest BCUT2D eigenvalue weighted by atomic mass is 10.5. The van der Waals surface area contributed by atoms with Gasteiger partial charge in [-0.2, -0.15) is 0 Å². The number of ether oxygens (including phenoxy) is 1. The topological polar surface area (TPSA) is 75.7 Å². The van der Waals surface area contributed by atoms with Gasteiger partial charge in [0.1, 0.15) is 0 Å². The third-order valence-corrected chi connectivity index (χ3v) is 3.87. The first-order valence-electron chi connectivity index (χ1n) is 5.18. The minimum absolute atomic E-state index is 0.0972. The van der Waals surface area contributed by atoms with E-state index in [-0.39, 0.29) is 18.8 Å². The summed E-state index contributed by atoms with van der Waals surface area (Å²) in [6.07, 6.45) is -0.0972. The number of hydrogen-bond acceptors (Lipinski definition) is 5. The lowest BCUT2D eigenvalue weighted by Crippen LogP contribution is -2.35. The zero-order valence-corrected chi connectivity index (χ0v) is 10.8. The van der Waals surface area contributed by atoms with Crippen molar-refractivity contribution in [2.45, 2.75) is 13.3 Å². The molecule has 0 aromatic heterocycles. The van der Waals surface area contributed by atoms with E-state index in [4.69, 9.17) is 0 Å². The zero-order valence-electron chi connectivity index (χ0n) is 10.0. The molecule has 0 aliphatic heterocycles. The minimum atomic E-state index is -3.35. The monoisotopic (exact) mass is 252 g/mol. The second-order valence-electron chi connectivity index (χ2n) is 3.30. The van der Waals surface area contributed by atoms with Crippen molar-refractivity contribution in [2.24, 2.45) is 0 Å². The van der Waals surface area contributed by atoms with Crippen LogP contribution in [0.15, 0.2) is 0 Å². The highest BCUT2D eigenvalue weighted by atomic mass is 32.2. The maximum absolute atomic E-state index is 11.6. The van der Waals surface area contributed by atoms with Gasteiger partial charge in [0.05, 0.1) is 18.8 Å². The number of esters is 1. The Morgan fingerprint density at radius 3 is 2.56 bits per heavy atom. The van der Waals surface area contributed by atoms with Crippen molar-refractivity contribution in [1.82, 2.24) is 9.62 Å². The van der Waals surface area contributed by atoms with Crippen LogP contribution in [-0.2, 0) is 19.6 Å². The number of nitrogens with one attached hydrogen (secondary N) is 1. The molecular formula is C9H20N2O4S. The Labute approximate surface area is 97.0 Å². The Balaban J connectivity index is 4.08. The van der Waals surface area contributed by atoms with Gasteiger partial charge < -0.3 is 10.1 Å². The van der Waals surface area contributed by atoms with E-state index >= 15 is 0 Å². The molecular weight excluding hydrogens is 232 g/mol. The van der Waals surface area contributed by atoms with Crippen molar-refractivity contribution in [2.75, 3.05) is 39.5 Å². The fourth-order valence-corrected chi connectivity index (χ4v) is 2.12. The number of carbonyl (C=O) groups is 1. The van der Waals surface area contributed by atoms with Crippen LogP contribution in [-0.4, -0.2) is 58.2 Å². The molecule has 0 atom stereocenters. The summed E-state index contributed by atoms with van der Waals surface area (Å²) in [5.41, 5.74) is 0. The van der Waals surface area contributed by atoms with E-state index in [1.54, 1.807) is 14.0 Å². The van der Waals surface area contributed by atoms with Crippen molar-refractivity contribution in [1.29, 1.82) is 0 Å². The maximum atomic E-state index is 11.6. The van der Waals surface area contributed by atoms with Gasteiger partial charge in [0.15, 0.2) is 0 Å². The first-order valence-corrected chi connectivity index (χ1v) is 6.79. The summed E-state index contributed by atoms with van der Waals surface area (Å²) in [4.78, 5) is 11.0. The highest BCUT2D eigenvalue weighted by molar-refractivity contribution is 7.89. The predicted octanol–water partition coefficient (Wildman–Crippen LogP) is -0.579. The fraction of sp³-hybridized carbons (Fsp3) is 0.889. The van der Waals surface area contributed by atoms with Crippen LogP contribution < -0.4 is 5.32 Å². The van der Waals surface area contributed by atoms with Gasteiger partial charge in [0.2, 0.25) is 10.0 Å². The van der Waals surface area contributed by atoms with Crippen LogP contribution in [0.25, 0.3) is 0 Å². The van der Waals surface area contributed by atoms with Crippen molar-refractivity contribution in [3.63, 3.8) is 0 Å². The summed E-state index contributed by atoms with van der Waals surface area (Å²) in [7, 11) is -0.106. The summed E-state index contributed by atoms with van der Waals surface area (Å²) in [5.74, 6) is -0.681. The van der Waals surface area contributed by atoms with E-state index in [9.17, 15) is 13.2 Å². The van der Waals surface area contributed by atoms with Crippen LogP contribution in [0.2, 0.25) is 0 Å². The number of rotatable bonds is 8. The van der Waals surface area contributed by atoms with Crippen LogP contribution in [0.3, 0.4) is 0 Å². The standard InChI is InChI=1S/C9H20N2O4S/c1-4-15-9(12)5-8-16(13,14)11(3)7-6-10-2/h10H,4-8H2,1-3H3. The zero-order chi connectivity index (χ0) is 12.6. The molecule has 0 heterocycles. The molecule has 96 valence electrons. The van der Waals surface area contributed by atoms with E-state index in [0.29, 0.717) is 13.1 Å². The first-order chi connectivity index (χ1) is 7.44. The smallest absolute Gasteiger partial charge is 0.306 e. The van der Waals surface area contributed by atoms with Gasteiger partial charge in [-0.1, -0.05) is 0 Å². The second kappa shape index (κ2) is 7.59. The molecule has 0 aliphatic carbocycles. The molecule has 16 heavy (non-hydrogen) atoms. The van der Waals surface area contributed by atoms with Crippen LogP contribution in [0.4, 0.5) is 0 Å². The summed E-state index contributed by atoms with van der Waals surface area (Å²) in [5, 5.41) is 2.86. The van der Waals surface area contributed by atoms with Crippen molar-refractivity contribution in [3.8, 4) is 0 Å². The third-order valence-electron chi connectivity index (χ3n) is 2.02. The molecule has 0 aromatic rings. The predicted molar refractivity (Wildman–Crippen MR) is 61.6 cm³/mol. The average Bonchev–Trinajstić information content (AvgIpc) is 2.23. The van der Waals surface area contributed by atoms with Crippen LogP contribution in [0.1, 0.15) is 13.3 Å². The minimum Gasteiger partial charge on any atom is -0.466 e. The molecule has 1 N–H and O–H groups in total. The molecule has 0 saturated carbocycles. The summed E-state index contributed by atoms with van der Waals surface area (Å²) in [6.45, 7) is 2.93. The van der Waals surface area contributed by atoms with Gasteiger partial charge >= 0.3 is 5.97 Å². The number of likely N-dealkylation sites (N-methyl/N-ethyl adjacent to an activating group) is 2. The fourth-order valence-electron chi connectivity index (χ4n) is 1.01. The van der Waals surface area contributed by atoms with Crippen molar-refractivity contribution in [3.05, 3.63) is 0 Å². The molecule has 0 aromatic carbocycles. The van der Waals surface area contributed by atoms with E-state index in [2.05, 4.69) is 10.1 Å². The lowest BCUT2D eigenvalue weighted by Gasteiger charge is -2.16. The Morgan fingerprint density at radius 1 is 1.44 bits per heavy atom. The molecule has 0 fully saturated rings. The SMILES string of the molecule is CCOC(=O)CCS(=O)(=O)N(C)CCNC. The van der Waals surface area contributed by atoms with E-state index in [1.165, 1.54) is 11.4 Å². The molecule has 0 saturated heterocycles. The summed E-state index contributed by atoms with van der Waals surface area (Å²) in [6, 6.07) is 0. The van der Waals surface area contributed by atoms with Gasteiger partial charge in [-0.05, 0) is 14.0 Å². The molecule has 0 radical (unpaired) electrons. The van der Waals surface area contributed by atoms with Crippen molar-refractivity contribution < 1.29 is 17.9 Å². The Hall–Kier alpha value is -0.660. The molecule has 7 heteroatoms. The van der Waals surface area contributed by atoms with E-state index < -0.39 is 16.0 Å². The van der Waals surface area contributed by atoms with Crippen LogP contribution >= 0.6 is 0 Å². The molecule has 0 unspecified atom stereocenters. The Bertz CT molecular complexity index is 303. The summed E-state index contributed by atoms with van der Waals surface area (Å²) < 4.78 is 29.2. The normalized spacial score (nSPS) is 11.8. The number of nitrogens with zero attached hydrogens (tertiary/aromatic N) is 1. The molecule has 0 aliphatic rings. The summed E-state index contributed by atoms with van der Waals surface area (Å²) >= 11 is 0. The van der Waals surface area contributed by atoms with Crippen LogP contribution in [0, 0.1) is 0 Å². The number of sulfonamides is 1. The average molecular weight is 252 g/mol. The highest BCUT2D eigenvalue weighted by Gasteiger charge is 2.18. The Morgan fingerprint density at radius 2 is 2.06 bits per heavy atom. The number of hydrogen-bond donors (Lipinski definition) is 1. The maximum Gasteiger partial charge on any atom is 0.306 e. The van der Waals surface area contributed by atoms with Gasteiger partial charge in [0, 0.05) is 20.1 Å².